The van der Waals surface area contributed by atoms with Gasteiger partial charge in [0.1, 0.15) is 5.75 Å². The summed E-state index contributed by atoms with van der Waals surface area (Å²) < 4.78 is 5.01. The lowest BCUT2D eigenvalue weighted by molar-refractivity contribution is 0.227. The number of urea groups is 1. The van der Waals surface area contributed by atoms with Crippen molar-refractivity contribution in [2.75, 3.05) is 25.6 Å². The van der Waals surface area contributed by atoms with Crippen LogP contribution in [0.25, 0.3) is 0 Å². The average molecular weight is 238 g/mol. The van der Waals surface area contributed by atoms with Gasteiger partial charge in [-0.2, -0.15) is 0 Å². The fraction of sp³-hybridized carbons (Fsp3) is 0.417. The Labute approximate surface area is 101 Å². The van der Waals surface area contributed by atoms with Crippen LogP contribution in [0.5, 0.6) is 5.75 Å². The number of carbonyl (C=O) groups is 1. The number of aliphatic hydroxyl groups is 1. The number of ether oxygens (including phenoxy) is 1. The molecule has 0 saturated carbocycles. The maximum absolute atomic E-state index is 11.5. The van der Waals surface area contributed by atoms with Gasteiger partial charge in [0.05, 0.1) is 7.11 Å². The lowest BCUT2D eigenvalue weighted by atomic mass is 10.2. The summed E-state index contributed by atoms with van der Waals surface area (Å²) in [5.41, 5.74) is 0.694. The van der Waals surface area contributed by atoms with Crippen molar-refractivity contribution in [3.8, 4) is 5.75 Å². The summed E-state index contributed by atoms with van der Waals surface area (Å²) in [6.07, 6.45) is 0. The second kappa shape index (κ2) is 6.75. The molecule has 0 radical (unpaired) electrons. The van der Waals surface area contributed by atoms with Crippen LogP contribution in [0.4, 0.5) is 10.5 Å². The Balaban J connectivity index is 2.39. The summed E-state index contributed by atoms with van der Waals surface area (Å²) in [6.45, 7) is 2.36. The topological polar surface area (TPSA) is 70.6 Å². The molecule has 94 valence electrons. The van der Waals surface area contributed by atoms with Crippen LogP contribution in [0.1, 0.15) is 6.92 Å². The van der Waals surface area contributed by atoms with Crippen molar-refractivity contribution in [2.45, 2.75) is 6.92 Å². The lowest BCUT2D eigenvalue weighted by Crippen LogP contribution is -2.33. The van der Waals surface area contributed by atoms with Gasteiger partial charge in [0, 0.05) is 18.8 Å². The molecule has 0 aliphatic rings. The van der Waals surface area contributed by atoms with E-state index in [1.165, 1.54) is 0 Å². The normalized spacial score (nSPS) is 11.7. The summed E-state index contributed by atoms with van der Waals surface area (Å²) in [7, 11) is 1.59. The molecule has 0 saturated heterocycles. The van der Waals surface area contributed by atoms with Crippen LogP contribution in [-0.2, 0) is 0 Å². The van der Waals surface area contributed by atoms with E-state index in [-0.39, 0.29) is 18.6 Å². The number of amides is 2. The van der Waals surface area contributed by atoms with E-state index in [1.54, 1.807) is 31.4 Å². The molecular weight excluding hydrogens is 220 g/mol. The highest BCUT2D eigenvalue weighted by Gasteiger charge is 2.04. The zero-order valence-electron chi connectivity index (χ0n) is 10.1. The zero-order chi connectivity index (χ0) is 12.7. The molecule has 1 unspecified atom stereocenters. The van der Waals surface area contributed by atoms with E-state index in [1.807, 2.05) is 6.92 Å². The minimum atomic E-state index is -0.282. The van der Waals surface area contributed by atoms with Crippen LogP contribution in [0, 0.1) is 5.92 Å². The Morgan fingerprint density at radius 3 is 2.59 bits per heavy atom. The Bertz CT molecular complexity index is 351. The third kappa shape index (κ3) is 4.74. The molecule has 1 aromatic rings. The Morgan fingerprint density at radius 1 is 1.41 bits per heavy atom. The highest BCUT2D eigenvalue weighted by Crippen LogP contribution is 2.14. The maximum atomic E-state index is 11.5. The Kier molecular flexibility index (Phi) is 5.29. The molecule has 0 fully saturated rings. The van der Waals surface area contributed by atoms with Crippen LogP contribution >= 0.6 is 0 Å². The third-order valence-electron chi connectivity index (χ3n) is 2.27. The second-order valence-corrected chi connectivity index (χ2v) is 3.85. The fourth-order valence-corrected chi connectivity index (χ4v) is 1.18. The standard InChI is InChI=1S/C12H18N2O3/c1-9(8-15)7-13-12(16)14-10-3-5-11(17-2)6-4-10/h3-6,9,15H,7-8H2,1-2H3,(H2,13,14,16). The SMILES string of the molecule is COc1ccc(NC(=O)NCC(C)CO)cc1. The molecule has 0 spiro atoms. The maximum Gasteiger partial charge on any atom is 0.319 e. The van der Waals surface area contributed by atoms with Crippen molar-refractivity contribution < 1.29 is 14.6 Å². The largest absolute Gasteiger partial charge is 0.497 e. The van der Waals surface area contributed by atoms with Gasteiger partial charge >= 0.3 is 6.03 Å². The van der Waals surface area contributed by atoms with Gasteiger partial charge < -0.3 is 20.5 Å². The van der Waals surface area contributed by atoms with Crippen molar-refractivity contribution in [1.29, 1.82) is 0 Å². The van der Waals surface area contributed by atoms with E-state index in [2.05, 4.69) is 10.6 Å². The van der Waals surface area contributed by atoms with Crippen molar-refractivity contribution in [3.63, 3.8) is 0 Å². The van der Waals surface area contributed by atoms with Crippen LogP contribution in [-0.4, -0.2) is 31.4 Å². The van der Waals surface area contributed by atoms with E-state index in [4.69, 9.17) is 9.84 Å². The summed E-state index contributed by atoms with van der Waals surface area (Å²) in [5, 5.41) is 14.2. The number of methoxy groups -OCH3 is 1. The van der Waals surface area contributed by atoms with Gasteiger partial charge in [-0.1, -0.05) is 6.92 Å². The van der Waals surface area contributed by atoms with Gasteiger partial charge in [0.2, 0.25) is 0 Å². The molecule has 1 aromatic carbocycles. The summed E-state index contributed by atoms with van der Waals surface area (Å²) in [6, 6.07) is 6.77. The number of benzene rings is 1. The number of hydrogen-bond acceptors (Lipinski definition) is 3. The predicted molar refractivity (Wildman–Crippen MR) is 66.3 cm³/mol. The zero-order valence-corrected chi connectivity index (χ0v) is 10.1. The van der Waals surface area contributed by atoms with Gasteiger partial charge in [0.15, 0.2) is 0 Å². The summed E-state index contributed by atoms with van der Waals surface area (Å²) in [5.74, 6) is 0.793. The predicted octanol–water partition coefficient (Wildman–Crippen LogP) is 1.45. The third-order valence-corrected chi connectivity index (χ3v) is 2.27. The van der Waals surface area contributed by atoms with E-state index >= 15 is 0 Å². The first-order valence-corrected chi connectivity index (χ1v) is 5.45. The van der Waals surface area contributed by atoms with Gasteiger partial charge in [-0.15, -0.1) is 0 Å². The van der Waals surface area contributed by atoms with E-state index in [0.717, 1.165) is 5.75 Å². The molecule has 5 heteroatoms. The first-order chi connectivity index (χ1) is 8.15. The van der Waals surface area contributed by atoms with E-state index < -0.39 is 0 Å². The first kappa shape index (κ1) is 13.3. The molecule has 5 nitrogen and oxygen atoms in total. The molecule has 0 aliphatic heterocycles. The average Bonchev–Trinajstić information content (AvgIpc) is 2.36. The Morgan fingerprint density at radius 2 is 2.06 bits per heavy atom. The van der Waals surface area contributed by atoms with E-state index in [0.29, 0.717) is 12.2 Å². The van der Waals surface area contributed by atoms with Crippen molar-refractivity contribution in [1.82, 2.24) is 5.32 Å². The highest BCUT2D eigenvalue weighted by molar-refractivity contribution is 5.89. The van der Waals surface area contributed by atoms with Crippen LogP contribution in [0.15, 0.2) is 24.3 Å². The lowest BCUT2D eigenvalue weighted by Gasteiger charge is -2.11. The molecule has 1 atom stereocenters. The quantitative estimate of drug-likeness (QED) is 0.727. The number of nitrogens with one attached hydrogen (secondary N) is 2. The van der Waals surface area contributed by atoms with Gasteiger partial charge in [-0.05, 0) is 30.2 Å². The van der Waals surface area contributed by atoms with E-state index in [9.17, 15) is 4.79 Å². The van der Waals surface area contributed by atoms with Crippen LogP contribution in [0.2, 0.25) is 0 Å². The van der Waals surface area contributed by atoms with Gasteiger partial charge in [0.25, 0.3) is 0 Å². The summed E-state index contributed by atoms with van der Waals surface area (Å²) >= 11 is 0. The number of hydrogen-bond donors (Lipinski definition) is 3. The second-order valence-electron chi connectivity index (χ2n) is 3.85. The van der Waals surface area contributed by atoms with Gasteiger partial charge in [-0.3, -0.25) is 0 Å². The number of aliphatic hydroxyl groups excluding tert-OH is 1. The van der Waals surface area contributed by atoms with Crippen LogP contribution < -0.4 is 15.4 Å². The van der Waals surface area contributed by atoms with Crippen LogP contribution in [0.3, 0.4) is 0 Å². The monoisotopic (exact) mass is 238 g/mol. The molecule has 3 N–H and O–H groups in total. The highest BCUT2D eigenvalue weighted by atomic mass is 16.5. The smallest absolute Gasteiger partial charge is 0.319 e. The molecule has 0 heterocycles. The minimum absolute atomic E-state index is 0.0524. The van der Waals surface area contributed by atoms with Gasteiger partial charge in [-0.25, -0.2) is 4.79 Å². The Hall–Kier alpha value is -1.75. The molecule has 0 aromatic heterocycles. The van der Waals surface area contributed by atoms with Crippen molar-refractivity contribution in [3.05, 3.63) is 24.3 Å². The molecule has 1 rings (SSSR count). The molecule has 17 heavy (non-hydrogen) atoms. The number of carbonyl (C=O) groups excluding carboxylic acids is 1. The molecule has 2 amide bonds. The fourth-order valence-electron chi connectivity index (χ4n) is 1.18. The number of anilines is 1. The molecular formula is C12H18N2O3. The minimum Gasteiger partial charge on any atom is -0.497 e. The summed E-state index contributed by atoms with van der Waals surface area (Å²) in [4.78, 5) is 11.5. The van der Waals surface area contributed by atoms with Crippen molar-refractivity contribution in [2.24, 2.45) is 5.92 Å². The molecule has 0 aliphatic carbocycles. The van der Waals surface area contributed by atoms with Crippen molar-refractivity contribution >= 4 is 11.7 Å². The molecule has 0 bridgehead atoms. The first-order valence-electron chi connectivity index (χ1n) is 5.45. The number of rotatable bonds is 5.